The number of carbonyl (C=O) groups excluding carboxylic acids is 1. The minimum atomic E-state index is -0.0901. The molecule has 2 fully saturated rings. The minimum absolute atomic E-state index is 0.0901. The van der Waals surface area contributed by atoms with Crippen LogP contribution in [-0.4, -0.2) is 60.6 Å². The number of amides is 1. The molecule has 2 heterocycles. The highest BCUT2D eigenvalue weighted by atomic mass is 16.5. The quantitative estimate of drug-likeness (QED) is 0.855. The molecular weight excluding hydrogens is 276 g/mol. The molecule has 4 heteroatoms. The van der Waals surface area contributed by atoms with E-state index in [9.17, 15) is 4.79 Å². The fourth-order valence-electron chi connectivity index (χ4n) is 3.53. The van der Waals surface area contributed by atoms with E-state index in [4.69, 9.17) is 4.74 Å². The Labute approximate surface area is 133 Å². The first-order valence-corrected chi connectivity index (χ1v) is 8.33. The lowest BCUT2D eigenvalue weighted by Crippen LogP contribution is -2.57. The number of hydrogen-bond acceptors (Lipinski definition) is 3. The number of benzene rings is 1. The SMILES string of the molecule is CC(=O)N1CCOC2(CCN(CCc3ccccc3)CC2)C1. The summed E-state index contributed by atoms with van der Waals surface area (Å²) in [6.45, 7) is 7.11. The van der Waals surface area contributed by atoms with Gasteiger partial charge in [-0.1, -0.05) is 30.3 Å². The highest BCUT2D eigenvalue weighted by Crippen LogP contribution is 2.30. The number of nitrogens with zero attached hydrogens (tertiary/aromatic N) is 2. The van der Waals surface area contributed by atoms with Crippen molar-refractivity contribution >= 4 is 5.91 Å². The Kier molecular flexibility index (Phi) is 4.79. The van der Waals surface area contributed by atoms with Crippen LogP contribution in [0.4, 0.5) is 0 Å². The van der Waals surface area contributed by atoms with E-state index in [2.05, 4.69) is 35.2 Å². The molecule has 4 nitrogen and oxygen atoms in total. The van der Waals surface area contributed by atoms with Crippen LogP contribution in [0.5, 0.6) is 0 Å². The van der Waals surface area contributed by atoms with Gasteiger partial charge in [0.1, 0.15) is 0 Å². The van der Waals surface area contributed by atoms with Crippen LogP contribution in [0.1, 0.15) is 25.3 Å². The first-order valence-electron chi connectivity index (χ1n) is 8.33. The van der Waals surface area contributed by atoms with Crippen molar-refractivity contribution in [2.45, 2.75) is 31.8 Å². The van der Waals surface area contributed by atoms with Crippen LogP contribution >= 0.6 is 0 Å². The van der Waals surface area contributed by atoms with Gasteiger partial charge in [-0.3, -0.25) is 4.79 Å². The molecule has 3 rings (SSSR count). The van der Waals surface area contributed by atoms with Crippen molar-refractivity contribution in [2.24, 2.45) is 0 Å². The molecule has 2 aliphatic rings. The van der Waals surface area contributed by atoms with Crippen LogP contribution < -0.4 is 0 Å². The van der Waals surface area contributed by atoms with Crippen molar-refractivity contribution in [3.05, 3.63) is 35.9 Å². The summed E-state index contributed by atoms with van der Waals surface area (Å²) in [5.41, 5.74) is 1.31. The molecule has 2 aliphatic heterocycles. The number of piperidine rings is 1. The average Bonchev–Trinajstić information content (AvgIpc) is 2.55. The summed E-state index contributed by atoms with van der Waals surface area (Å²) in [6.07, 6.45) is 3.17. The molecule has 0 N–H and O–H groups in total. The smallest absolute Gasteiger partial charge is 0.219 e. The molecule has 1 aromatic rings. The molecule has 1 spiro atoms. The Hall–Kier alpha value is -1.39. The second kappa shape index (κ2) is 6.80. The topological polar surface area (TPSA) is 32.8 Å². The maximum atomic E-state index is 11.6. The van der Waals surface area contributed by atoms with Gasteiger partial charge in [0.25, 0.3) is 0 Å². The van der Waals surface area contributed by atoms with Crippen molar-refractivity contribution in [3.63, 3.8) is 0 Å². The van der Waals surface area contributed by atoms with Crippen molar-refractivity contribution in [3.8, 4) is 0 Å². The number of morpholine rings is 1. The van der Waals surface area contributed by atoms with Gasteiger partial charge in [0.05, 0.1) is 12.2 Å². The normalized spacial score (nSPS) is 22.0. The highest BCUT2D eigenvalue weighted by molar-refractivity contribution is 5.73. The molecule has 0 radical (unpaired) electrons. The second-order valence-corrected chi connectivity index (χ2v) is 6.55. The number of rotatable bonds is 3. The zero-order chi connectivity index (χ0) is 15.4. The van der Waals surface area contributed by atoms with Gasteiger partial charge in [0.15, 0.2) is 0 Å². The Morgan fingerprint density at radius 1 is 1.18 bits per heavy atom. The van der Waals surface area contributed by atoms with E-state index >= 15 is 0 Å². The molecule has 0 unspecified atom stereocenters. The van der Waals surface area contributed by atoms with Gasteiger partial charge in [-0.15, -0.1) is 0 Å². The third-order valence-electron chi connectivity index (χ3n) is 5.02. The van der Waals surface area contributed by atoms with Crippen LogP contribution in [0.3, 0.4) is 0 Å². The van der Waals surface area contributed by atoms with Gasteiger partial charge in [0, 0.05) is 39.6 Å². The van der Waals surface area contributed by atoms with Crippen molar-refractivity contribution in [2.75, 3.05) is 39.3 Å². The van der Waals surface area contributed by atoms with Crippen molar-refractivity contribution in [1.29, 1.82) is 0 Å². The summed E-state index contributed by atoms with van der Waals surface area (Å²) in [4.78, 5) is 16.1. The summed E-state index contributed by atoms with van der Waals surface area (Å²) in [5.74, 6) is 0.175. The van der Waals surface area contributed by atoms with Gasteiger partial charge in [-0.05, 0) is 24.8 Å². The van der Waals surface area contributed by atoms with Gasteiger partial charge in [-0.2, -0.15) is 0 Å². The molecule has 0 aromatic heterocycles. The van der Waals surface area contributed by atoms with E-state index in [1.54, 1.807) is 6.92 Å². The standard InChI is InChI=1S/C18H26N2O2/c1-16(21)20-13-14-22-18(15-20)8-11-19(12-9-18)10-7-17-5-3-2-4-6-17/h2-6H,7-15H2,1H3. The maximum Gasteiger partial charge on any atom is 0.219 e. The van der Waals surface area contributed by atoms with Crippen molar-refractivity contribution < 1.29 is 9.53 Å². The number of carbonyl (C=O) groups is 1. The zero-order valence-corrected chi connectivity index (χ0v) is 13.5. The summed E-state index contributed by atoms with van der Waals surface area (Å²) in [7, 11) is 0. The molecule has 120 valence electrons. The highest BCUT2D eigenvalue weighted by Gasteiger charge is 2.40. The summed E-state index contributed by atoms with van der Waals surface area (Å²) in [5, 5.41) is 0. The summed E-state index contributed by atoms with van der Waals surface area (Å²) < 4.78 is 6.08. The van der Waals surface area contributed by atoms with E-state index in [1.165, 1.54) is 5.56 Å². The molecular formula is C18H26N2O2. The van der Waals surface area contributed by atoms with E-state index < -0.39 is 0 Å². The summed E-state index contributed by atoms with van der Waals surface area (Å²) >= 11 is 0. The number of ether oxygens (including phenoxy) is 1. The molecule has 1 amide bonds. The predicted octanol–water partition coefficient (Wildman–Crippen LogP) is 1.94. The van der Waals surface area contributed by atoms with E-state index in [-0.39, 0.29) is 11.5 Å². The fraction of sp³-hybridized carbons (Fsp3) is 0.611. The lowest BCUT2D eigenvalue weighted by Gasteiger charge is -2.47. The Bertz CT molecular complexity index is 495. The molecule has 22 heavy (non-hydrogen) atoms. The van der Waals surface area contributed by atoms with Crippen LogP contribution in [-0.2, 0) is 16.0 Å². The largest absolute Gasteiger partial charge is 0.371 e. The van der Waals surface area contributed by atoms with E-state index in [0.717, 1.165) is 52.0 Å². The van der Waals surface area contributed by atoms with Crippen molar-refractivity contribution in [1.82, 2.24) is 9.80 Å². The molecule has 1 aromatic carbocycles. The third kappa shape index (κ3) is 3.68. The van der Waals surface area contributed by atoms with Crippen LogP contribution in [0.2, 0.25) is 0 Å². The Morgan fingerprint density at radius 2 is 1.91 bits per heavy atom. The lowest BCUT2D eigenvalue weighted by molar-refractivity contribution is -0.157. The maximum absolute atomic E-state index is 11.6. The minimum Gasteiger partial charge on any atom is -0.371 e. The molecule has 0 saturated carbocycles. The molecule has 0 bridgehead atoms. The lowest BCUT2D eigenvalue weighted by atomic mass is 9.89. The summed E-state index contributed by atoms with van der Waals surface area (Å²) in [6, 6.07) is 10.7. The molecule has 0 atom stereocenters. The number of likely N-dealkylation sites (tertiary alicyclic amines) is 1. The van der Waals surface area contributed by atoms with Crippen LogP contribution in [0.25, 0.3) is 0 Å². The Balaban J connectivity index is 1.48. The first-order chi connectivity index (χ1) is 10.7. The first kappa shape index (κ1) is 15.5. The van der Waals surface area contributed by atoms with Gasteiger partial charge in [-0.25, -0.2) is 0 Å². The zero-order valence-electron chi connectivity index (χ0n) is 13.5. The van der Waals surface area contributed by atoms with Crippen LogP contribution in [0, 0.1) is 0 Å². The van der Waals surface area contributed by atoms with Gasteiger partial charge >= 0.3 is 0 Å². The van der Waals surface area contributed by atoms with E-state index in [1.807, 2.05) is 4.90 Å². The number of hydrogen-bond donors (Lipinski definition) is 0. The third-order valence-corrected chi connectivity index (χ3v) is 5.02. The average molecular weight is 302 g/mol. The van der Waals surface area contributed by atoms with E-state index in [0.29, 0.717) is 6.61 Å². The Morgan fingerprint density at radius 3 is 2.59 bits per heavy atom. The second-order valence-electron chi connectivity index (χ2n) is 6.55. The molecule has 0 aliphatic carbocycles. The molecule has 2 saturated heterocycles. The fourth-order valence-corrected chi connectivity index (χ4v) is 3.53. The van der Waals surface area contributed by atoms with Gasteiger partial charge in [0.2, 0.25) is 5.91 Å². The van der Waals surface area contributed by atoms with Crippen LogP contribution in [0.15, 0.2) is 30.3 Å². The predicted molar refractivity (Wildman–Crippen MR) is 86.8 cm³/mol. The van der Waals surface area contributed by atoms with Gasteiger partial charge < -0.3 is 14.5 Å². The monoisotopic (exact) mass is 302 g/mol.